The van der Waals surface area contributed by atoms with E-state index in [-0.39, 0.29) is 6.61 Å². The molecule has 0 unspecified atom stereocenters. The monoisotopic (exact) mass is 259 g/mol. The van der Waals surface area contributed by atoms with Crippen molar-refractivity contribution in [3.8, 4) is 5.75 Å². The van der Waals surface area contributed by atoms with Gasteiger partial charge < -0.3 is 15.0 Å². The SMILES string of the molecule is NC1(c2noc(COc3ccccc3)n2)CCCC1. The topological polar surface area (TPSA) is 74.2 Å². The second kappa shape index (κ2) is 5.01. The molecule has 5 nitrogen and oxygen atoms in total. The molecule has 1 heterocycles. The number of benzene rings is 1. The predicted octanol–water partition coefficient (Wildman–Crippen LogP) is 2.38. The van der Waals surface area contributed by atoms with E-state index in [0.717, 1.165) is 31.4 Å². The lowest BCUT2D eigenvalue weighted by atomic mass is 9.99. The van der Waals surface area contributed by atoms with Gasteiger partial charge in [0.15, 0.2) is 12.4 Å². The van der Waals surface area contributed by atoms with Crippen LogP contribution in [0.5, 0.6) is 5.75 Å². The minimum absolute atomic E-state index is 0.271. The molecule has 1 fully saturated rings. The molecule has 1 saturated carbocycles. The number of hydrogen-bond donors (Lipinski definition) is 1. The third-order valence-corrected chi connectivity index (χ3v) is 3.51. The molecule has 5 heteroatoms. The van der Waals surface area contributed by atoms with Crippen LogP contribution < -0.4 is 10.5 Å². The Kier molecular flexibility index (Phi) is 3.21. The summed E-state index contributed by atoms with van der Waals surface area (Å²) >= 11 is 0. The summed E-state index contributed by atoms with van der Waals surface area (Å²) in [5.41, 5.74) is 5.87. The highest BCUT2D eigenvalue weighted by molar-refractivity contribution is 5.21. The first-order chi connectivity index (χ1) is 9.26. The number of para-hydroxylation sites is 1. The van der Waals surface area contributed by atoms with Gasteiger partial charge in [0.1, 0.15) is 5.75 Å². The van der Waals surface area contributed by atoms with Crippen LogP contribution in [0.1, 0.15) is 37.4 Å². The van der Waals surface area contributed by atoms with Gasteiger partial charge in [-0.2, -0.15) is 4.98 Å². The Morgan fingerprint density at radius 1 is 1.21 bits per heavy atom. The van der Waals surface area contributed by atoms with Gasteiger partial charge >= 0.3 is 0 Å². The molecular formula is C14H17N3O2. The van der Waals surface area contributed by atoms with E-state index in [4.69, 9.17) is 15.0 Å². The third kappa shape index (κ3) is 2.61. The van der Waals surface area contributed by atoms with Crippen molar-refractivity contribution in [1.29, 1.82) is 0 Å². The molecule has 0 saturated heterocycles. The zero-order valence-corrected chi connectivity index (χ0v) is 10.7. The zero-order chi connectivity index (χ0) is 13.1. The van der Waals surface area contributed by atoms with E-state index in [9.17, 15) is 0 Å². The van der Waals surface area contributed by atoms with E-state index in [1.54, 1.807) is 0 Å². The standard InChI is InChI=1S/C14H17N3O2/c15-14(8-4-5-9-14)13-16-12(19-17-13)10-18-11-6-2-1-3-7-11/h1-3,6-7H,4-5,8-10,15H2. The van der Waals surface area contributed by atoms with Gasteiger partial charge in [-0.1, -0.05) is 36.2 Å². The molecule has 2 aromatic rings. The number of hydrogen-bond acceptors (Lipinski definition) is 5. The van der Waals surface area contributed by atoms with Gasteiger partial charge in [0.05, 0.1) is 5.54 Å². The van der Waals surface area contributed by atoms with Crippen LogP contribution in [0.3, 0.4) is 0 Å². The molecule has 0 radical (unpaired) electrons. The van der Waals surface area contributed by atoms with E-state index in [2.05, 4.69) is 10.1 Å². The predicted molar refractivity (Wildman–Crippen MR) is 69.4 cm³/mol. The number of rotatable bonds is 4. The van der Waals surface area contributed by atoms with Crippen molar-refractivity contribution in [1.82, 2.24) is 10.1 Å². The van der Waals surface area contributed by atoms with Crippen molar-refractivity contribution in [2.24, 2.45) is 5.73 Å². The molecule has 0 spiro atoms. The normalized spacial score (nSPS) is 17.5. The summed E-state index contributed by atoms with van der Waals surface area (Å²) in [5.74, 6) is 1.86. The Bertz CT molecular complexity index is 533. The van der Waals surface area contributed by atoms with Gasteiger partial charge in [-0.3, -0.25) is 0 Å². The van der Waals surface area contributed by atoms with Crippen molar-refractivity contribution in [3.63, 3.8) is 0 Å². The van der Waals surface area contributed by atoms with Crippen LogP contribution in [0.25, 0.3) is 0 Å². The Morgan fingerprint density at radius 2 is 1.95 bits per heavy atom. The first-order valence-electron chi connectivity index (χ1n) is 6.56. The van der Waals surface area contributed by atoms with Gasteiger partial charge in [0.25, 0.3) is 5.89 Å². The molecule has 1 aliphatic carbocycles. The van der Waals surface area contributed by atoms with Crippen LogP contribution in [0.15, 0.2) is 34.9 Å². The summed E-state index contributed by atoms with van der Waals surface area (Å²) in [7, 11) is 0. The Labute approximate surface area is 111 Å². The minimum atomic E-state index is -0.408. The fraction of sp³-hybridized carbons (Fsp3) is 0.429. The summed E-state index contributed by atoms with van der Waals surface area (Å²) in [5, 5.41) is 3.99. The van der Waals surface area contributed by atoms with Crippen molar-refractivity contribution in [3.05, 3.63) is 42.0 Å². The van der Waals surface area contributed by atoms with E-state index in [1.807, 2.05) is 30.3 Å². The molecule has 100 valence electrons. The van der Waals surface area contributed by atoms with E-state index in [0.29, 0.717) is 11.7 Å². The highest BCUT2D eigenvalue weighted by atomic mass is 16.5. The van der Waals surface area contributed by atoms with Crippen LogP contribution in [0.2, 0.25) is 0 Å². The molecule has 0 amide bonds. The molecular weight excluding hydrogens is 242 g/mol. The Hall–Kier alpha value is -1.88. The first kappa shape index (κ1) is 12.2. The molecule has 2 N–H and O–H groups in total. The van der Waals surface area contributed by atoms with Gasteiger partial charge in [0.2, 0.25) is 0 Å². The fourth-order valence-corrected chi connectivity index (χ4v) is 2.41. The second-order valence-corrected chi connectivity index (χ2v) is 4.98. The number of ether oxygens (including phenoxy) is 1. The molecule has 3 rings (SSSR count). The summed E-state index contributed by atoms with van der Waals surface area (Å²) in [6, 6.07) is 9.55. The van der Waals surface area contributed by atoms with Gasteiger partial charge in [-0.05, 0) is 25.0 Å². The molecule has 19 heavy (non-hydrogen) atoms. The molecule has 1 aromatic heterocycles. The van der Waals surface area contributed by atoms with Crippen molar-refractivity contribution in [2.45, 2.75) is 37.8 Å². The summed E-state index contributed by atoms with van der Waals surface area (Å²) in [6.45, 7) is 0.271. The maximum atomic E-state index is 6.28. The quantitative estimate of drug-likeness (QED) is 0.912. The largest absolute Gasteiger partial charge is 0.484 e. The minimum Gasteiger partial charge on any atom is -0.484 e. The molecule has 0 bridgehead atoms. The van der Waals surface area contributed by atoms with Gasteiger partial charge in [0, 0.05) is 0 Å². The first-order valence-corrected chi connectivity index (χ1v) is 6.56. The molecule has 0 aliphatic heterocycles. The summed E-state index contributed by atoms with van der Waals surface area (Å²) in [4.78, 5) is 4.35. The summed E-state index contributed by atoms with van der Waals surface area (Å²) in [6.07, 6.45) is 4.10. The van der Waals surface area contributed by atoms with E-state index < -0.39 is 5.54 Å². The van der Waals surface area contributed by atoms with Crippen LogP contribution in [-0.4, -0.2) is 10.1 Å². The smallest absolute Gasteiger partial charge is 0.264 e. The van der Waals surface area contributed by atoms with Crippen LogP contribution in [0.4, 0.5) is 0 Å². The van der Waals surface area contributed by atoms with Crippen molar-refractivity contribution >= 4 is 0 Å². The highest BCUT2D eigenvalue weighted by Crippen LogP contribution is 2.34. The average molecular weight is 259 g/mol. The van der Waals surface area contributed by atoms with Crippen molar-refractivity contribution < 1.29 is 9.26 Å². The third-order valence-electron chi connectivity index (χ3n) is 3.51. The maximum absolute atomic E-state index is 6.28. The zero-order valence-electron chi connectivity index (χ0n) is 10.7. The van der Waals surface area contributed by atoms with Crippen LogP contribution in [-0.2, 0) is 12.1 Å². The van der Waals surface area contributed by atoms with E-state index >= 15 is 0 Å². The van der Waals surface area contributed by atoms with Crippen LogP contribution >= 0.6 is 0 Å². The molecule has 1 aliphatic rings. The van der Waals surface area contributed by atoms with Gasteiger partial charge in [-0.15, -0.1) is 0 Å². The highest BCUT2D eigenvalue weighted by Gasteiger charge is 2.35. The molecule has 0 atom stereocenters. The Morgan fingerprint density at radius 3 is 2.68 bits per heavy atom. The average Bonchev–Trinajstić information content (AvgIpc) is 3.07. The Balaban J connectivity index is 1.65. The van der Waals surface area contributed by atoms with E-state index in [1.165, 1.54) is 0 Å². The number of nitrogens with two attached hydrogens (primary N) is 1. The fourth-order valence-electron chi connectivity index (χ4n) is 2.41. The van der Waals surface area contributed by atoms with Crippen LogP contribution in [0, 0.1) is 0 Å². The van der Waals surface area contributed by atoms with Crippen molar-refractivity contribution in [2.75, 3.05) is 0 Å². The molecule has 1 aromatic carbocycles. The second-order valence-electron chi connectivity index (χ2n) is 4.98. The number of nitrogens with zero attached hydrogens (tertiary/aromatic N) is 2. The van der Waals surface area contributed by atoms with Gasteiger partial charge in [-0.25, -0.2) is 0 Å². The lowest BCUT2D eigenvalue weighted by Crippen LogP contribution is -2.34. The number of aromatic nitrogens is 2. The maximum Gasteiger partial charge on any atom is 0.264 e. The lowest BCUT2D eigenvalue weighted by molar-refractivity contribution is 0.241. The lowest BCUT2D eigenvalue weighted by Gasteiger charge is -2.17. The summed E-state index contributed by atoms with van der Waals surface area (Å²) < 4.78 is 10.8.